The van der Waals surface area contributed by atoms with Gasteiger partial charge in [0.05, 0.1) is 19.1 Å². The summed E-state index contributed by atoms with van der Waals surface area (Å²) in [5, 5.41) is 3.02. The lowest BCUT2D eigenvalue weighted by molar-refractivity contribution is -0.126. The Morgan fingerprint density at radius 1 is 1.06 bits per heavy atom. The molecule has 0 radical (unpaired) electrons. The van der Waals surface area contributed by atoms with Gasteiger partial charge in [-0.3, -0.25) is 14.5 Å². The molecule has 2 aromatic rings. The van der Waals surface area contributed by atoms with Crippen molar-refractivity contribution in [2.24, 2.45) is 5.92 Å². The molecule has 2 aromatic carbocycles. The Morgan fingerprint density at radius 2 is 1.77 bits per heavy atom. The smallest absolute Gasteiger partial charge is 0.227 e. The Kier molecular flexibility index (Phi) is 6.68. The first-order valence-corrected chi connectivity index (χ1v) is 11.0. The summed E-state index contributed by atoms with van der Waals surface area (Å²) in [6.07, 6.45) is 0.262. The van der Waals surface area contributed by atoms with Crippen molar-refractivity contribution in [3.8, 4) is 0 Å². The predicted molar refractivity (Wildman–Crippen MR) is 121 cm³/mol. The Balaban J connectivity index is 1.29. The third kappa shape index (κ3) is 5.14. The van der Waals surface area contributed by atoms with Crippen LogP contribution < -0.4 is 10.2 Å². The Hall–Kier alpha value is -2.70. The number of nitrogens with one attached hydrogen (secondary N) is 1. The Labute approximate surface area is 184 Å². The van der Waals surface area contributed by atoms with E-state index in [0.717, 1.165) is 55.2 Å². The minimum Gasteiger partial charge on any atom is -0.379 e. The van der Waals surface area contributed by atoms with Crippen molar-refractivity contribution in [1.29, 1.82) is 0 Å². The van der Waals surface area contributed by atoms with Gasteiger partial charge in [-0.05, 0) is 42.2 Å². The zero-order valence-corrected chi connectivity index (χ0v) is 18.4. The van der Waals surface area contributed by atoms with Crippen LogP contribution in [0.1, 0.15) is 28.7 Å². The zero-order chi connectivity index (χ0) is 21.8. The van der Waals surface area contributed by atoms with E-state index in [9.17, 15) is 9.59 Å². The monoisotopic (exact) mass is 421 g/mol. The van der Waals surface area contributed by atoms with Crippen LogP contribution in [0, 0.1) is 19.8 Å². The minimum atomic E-state index is -0.312. The molecule has 2 heterocycles. The summed E-state index contributed by atoms with van der Waals surface area (Å²) >= 11 is 0. The van der Waals surface area contributed by atoms with Gasteiger partial charge in [-0.15, -0.1) is 0 Å². The van der Waals surface area contributed by atoms with Gasteiger partial charge in [-0.2, -0.15) is 0 Å². The number of carbonyl (C=O) groups excluding carboxylic acids is 2. The first-order valence-electron chi connectivity index (χ1n) is 11.0. The molecule has 2 amide bonds. The summed E-state index contributed by atoms with van der Waals surface area (Å²) in [5.74, 6) is -0.354. The van der Waals surface area contributed by atoms with E-state index in [0.29, 0.717) is 13.1 Å². The molecule has 4 rings (SSSR count). The number of aryl methyl sites for hydroxylation is 1. The molecule has 2 aliphatic heterocycles. The highest BCUT2D eigenvalue weighted by Crippen LogP contribution is 2.29. The lowest BCUT2D eigenvalue weighted by Crippen LogP contribution is -2.35. The Morgan fingerprint density at radius 3 is 2.52 bits per heavy atom. The molecule has 1 N–H and O–H groups in total. The van der Waals surface area contributed by atoms with Crippen molar-refractivity contribution < 1.29 is 14.3 Å². The van der Waals surface area contributed by atoms with Crippen molar-refractivity contribution in [1.82, 2.24) is 10.2 Å². The topological polar surface area (TPSA) is 61.9 Å². The van der Waals surface area contributed by atoms with E-state index in [4.69, 9.17) is 4.74 Å². The normalized spacial score (nSPS) is 19.6. The molecule has 0 bridgehead atoms. The summed E-state index contributed by atoms with van der Waals surface area (Å²) in [6.45, 7) is 9.44. The maximum absolute atomic E-state index is 12.7. The van der Waals surface area contributed by atoms with Crippen LogP contribution in [0.4, 0.5) is 5.69 Å². The average molecular weight is 422 g/mol. The molecule has 0 saturated carbocycles. The number of hydrogen-bond acceptors (Lipinski definition) is 4. The highest BCUT2D eigenvalue weighted by Gasteiger charge is 2.35. The molecule has 6 heteroatoms. The van der Waals surface area contributed by atoms with Gasteiger partial charge in [0, 0.05) is 44.8 Å². The fourth-order valence-corrected chi connectivity index (χ4v) is 4.26. The van der Waals surface area contributed by atoms with Crippen molar-refractivity contribution in [2.45, 2.75) is 33.4 Å². The second kappa shape index (κ2) is 9.62. The second-order valence-corrected chi connectivity index (χ2v) is 8.55. The molecular weight excluding hydrogens is 390 g/mol. The van der Waals surface area contributed by atoms with E-state index in [1.165, 1.54) is 5.56 Å². The Bertz CT molecular complexity index is 936. The summed E-state index contributed by atoms with van der Waals surface area (Å²) < 4.78 is 5.40. The average Bonchev–Trinajstić information content (AvgIpc) is 3.17. The number of ether oxygens (including phenoxy) is 1. The number of hydrogen-bond donors (Lipinski definition) is 1. The van der Waals surface area contributed by atoms with E-state index >= 15 is 0 Å². The zero-order valence-electron chi connectivity index (χ0n) is 18.4. The second-order valence-electron chi connectivity index (χ2n) is 8.55. The number of rotatable bonds is 6. The highest BCUT2D eigenvalue weighted by atomic mass is 16.5. The first kappa shape index (κ1) is 21.5. The number of carbonyl (C=O) groups is 2. The van der Waals surface area contributed by atoms with Gasteiger partial charge in [-0.25, -0.2) is 0 Å². The van der Waals surface area contributed by atoms with Gasteiger partial charge in [-0.1, -0.05) is 36.4 Å². The molecule has 31 heavy (non-hydrogen) atoms. The summed E-state index contributed by atoms with van der Waals surface area (Å²) in [6, 6.07) is 14.3. The molecule has 1 atom stereocenters. The molecule has 0 aliphatic carbocycles. The van der Waals surface area contributed by atoms with Crippen LogP contribution >= 0.6 is 0 Å². The molecule has 164 valence electrons. The van der Waals surface area contributed by atoms with Crippen molar-refractivity contribution in [3.63, 3.8) is 0 Å². The third-order valence-electron chi connectivity index (χ3n) is 6.36. The number of anilines is 1. The molecule has 6 nitrogen and oxygen atoms in total. The summed E-state index contributed by atoms with van der Waals surface area (Å²) in [7, 11) is 0. The molecule has 2 aliphatic rings. The first-order chi connectivity index (χ1) is 15.0. The molecular formula is C25H31N3O3. The van der Waals surface area contributed by atoms with Crippen LogP contribution in [-0.4, -0.2) is 49.6 Å². The van der Waals surface area contributed by atoms with E-state index in [1.54, 1.807) is 4.90 Å². The fraction of sp³-hybridized carbons (Fsp3) is 0.440. The van der Waals surface area contributed by atoms with Crippen LogP contribution in [0.25, 0.3) is 0 Å². The lowest BCUT2D eigenvalue weighted by atomic mass is 10.1. The molecule has 2 fully saturated rings. The number of morpholine rings is 1. The predicted octanol–water partition coefficient (Wildman–Crippen LogP) is 2.80. The maximum Gasteiger partial charge on any atom is 0.227 e. The SMILES string of the molecule is Cc1cccc(N2C[C@@H](C(=O)NCc3ccc(CN4CCOCC4)cc3)CC2=O)c1C. The van der Waals surface area contributed by atoms with E-state index in [2.05, 4.69) is 34.5 Å². The van der Waals surface area contributed by atoms with E-state index in [1.807, 2.05) is 32.0 Å². The van der Waals surface area contributed by atoms with Gasteiger partial charge in [0.1, 0.15) is 0 Å². The highest BCUT2D eigenvalue weighted by molar-refractivity contribution is 6.00. The maximum atomic E-state index is 12.7. The third-order valence-corrected chi connectivity index (χ3v) is 6.36. The van der Waals surface area contributed by atoms with Crippen LogP contribution in [0.2, 0.25) is 0 Å². The van der Waals surface area contributed by atoms with Gasteiger partial charge in [0.25, 0.3) is 0 Å². The summed E-state index contributed by atoms with van der Waals surface area (Å²) in [4.78, 5) is 29.4. The number of amides is 2. The molecule has 0 unspecified atom stereocenters. The largest absolute Gasteiger partial charge is 0.379 e. The van der Waals surface area contributed by atoms with Crippen LogP contribution in [0.15, 0.2) is 42.5 Å². The van der Waals surface area contributed by atoms with Crippen molar-refractivity contribution >= 4 is 17.5 Å². The fourth-order valence-electron chi connectivity index (χ4n) is 4.26. The number of nitrogens with zero attached hydrogens (tertiary/aromatic N) is 2. The lowest BCUT2D eigenvalue weighted by Gasteiger charge is -2.26. The summed E-state index contributed by atoms with van der Waals surface area (Å²) in [5.41, 5.74) is 5.48. The van der Waals surface area contributed by atoms with Crippen LogP contribution in [0.5, 0.6) is 0 Å². The molecule has 2 saturated heterocycles. The van der Waals surface area contributed by atoms with Crippen molar-refractivity contribution in [2.75, 3.05) is 37.7 Å². The minimum absolute atomic E-state index is 0.0151. The van der Waals surface area contributed by atoms with E-state index < -0.39 is 0 Å². The number of benzene rings is 2. The van der Waals surface area contributed by atoms with Gasteiger partial charge < -0.3 is 15.0 Å². The van der Waals surface area contributed by atoms with Gasteiger partial charge in [0.15, 0.2) is 0 Å². The molecule has 0 aromatic heterocycles. The molecule has 0 spiro atoms. The van der Waals surface area contributed by atoms with Gasteiger partial charge in [0.2, 0.25) is 11.8 Å². The van der Waals surface area contributed by atoms with Crippen LogP contribution in [0.3, 0.4) is 0 Å². The van der Waals surface area contributed by atoms with E-state index in [-0.39, 0.29) is 24.2 Å². The van der Waals surface area contributed by atoms with Gasteiger partial charge >= 0.3 is 0 Å². The van der Waals surface area contributed by atoms with Crippen molar-refractivity contribution in [3.05, 3.63) is 64.7 Å². The quantitative estimate of drug-likeness (QED) is 0.779. The standard InChI is InChI=1S/C25H31N3O3/c1-18-4-3-5-23(19(18)2)28-17-22(14-24(28)29)25(30)26-15-20-6-8-21(9-7-20)16-27-10-12-31-13-11-27/h3-9,22H,10-17H2,1-2H3,(H,26,30)/t22-/m0/s1. The van der Waals surface area contributed by atoms with Crippen LogP contribution in [-0.2, 0) is 27.4 Å².